The van der Waals surface area contributed by atoms with Gasteiger partial charge in [0.1, 0.15) is 0 Å². The first kappa shape index (κ1) is 31.1. The number of pyridine rings is 1. The number of benzene rings is 1. The van der Waals surface area contributed by atoms with Crippen molar-refractivity contribution in [2.24, 2.45) is 0 Å². The number of unbranched alkanes of at least 4 members (excludes halogenated alkanes) is 5. The molecule has 0 aliphatic heterocycles. The predicted molar refractivity (Wildman–Crippen MR) is 142 cm³/mol. The van der Waals surface area contributed by atoms with E-state index in [1.165, 1.54) is 50.9 Å². The van der Waals surface area contributed by atoms with Crippen molar-refractivity contribution >= 4 is 23.6 Å². The number of ether oxygens (including phenoxy) is 1. The zero-order valence-corrected chi connectivity index (χ0v) is 22.1. The lowest BCUT2D eigenvalue weighted by Crippen LogP contribution is -2.09. The molecule has 208 valence electrons. The molecule has 0 unspecified atom stereocenters. The first-order valence-electron chi connectivity index (χ1n) is 12.3. The average molecular weight is 558 g/mol. The number of anilines is 2. The molecule has 2 heterocycles. The molecule has 0 atom stereocenters. The molecular weight excluding hydrogens is 525 g/mol. The van der Waals surface area contributed by atoms with Gasteiger partial charge in [-0.3, -0.25) is 0 Å². The Labute approximate surface area is 223 Å². The van der Waals surface area contributed by atoms with E-state index in [9.17, 15) is 22.0 Å². The number of rotatable bonds is 12. The van der Waals surface area contributed by atoms with Crippen LogP contribution in [0.4, 0.5) is 33.6 Å². The van der Waals surface area contributed by atoms with Gasteiger partial charge in [-0.2, -0.15) is 17.6 Å². The van der Waals surface area contributed by atoms with Gasteiger partial charge >= 0.3 is 6.18 Å². The van der Waals surface area contributed by atoms with Gasteiger partial charge in [0.15, 0.2) is 11.6 Å². The summed E-state index contributed by atoms with van der Waals surface area (Å²) in [4.78, 5) is 11.8. The van der Waals surface area contributed by atoms with Crippen molar-refractivity contribution in [2.75, 3.05) is 16.2 Å². The van der Waals surface area contributed by atoms with Gasteiger partial charge in [-0.05, 0) is 30.3 Å². The summed E-state index contributed by atoms with van der Waals surface area (Å²) in [6.45, 7) is 4.51. The molecule has 0 spiro atoms. The molecule has 0 aliphatic rings. The molecule has 0 saturated heterocycles. The SMILES string of the molecule is CCCCCCCC.Nc1nccc(-c2cccnc2Oc2ccc(NSCCC(F)(F)F)c(F)c2F)n1. The Hall–Kier alpha value is -3.15. The van der Waals surface area contributed by atoms with E-state index in [0.717, 1.165) is 12.1 Å². The summed E-state index contributed by atoms with van der Waals surface area (Å²) in [7, 11) is 0. The minimum atomic E-state index is -4.33. The van der Waals surface area contributed by atoms with Crippen molar-refractivity contribution in [1.29, 1.82) is 0 Å². The van der Waals surface area contributed by atoms with Crippen LogP contribution in [-0.2, 0) is 0 Å². The lowest BCUT2D eigenvalue weighted by molar-refractivity contribution is -0.129. The molecule has 0 aliphatic carbocycles. The molecule has 1 aromatic carbocycles. The summed E-state index contributed by atoms with van der Waals surface area (Å²) in [5.74, 6) is -3.47. The van der Waals surface area contributed by atoms with Gasteiger partial charge in [0.25, 0.3) is 0 Å². The normalized spacial score (nSPS) is 11.0. The zero-order chi connectivity index (χ0) is 28.0. The molecule has 0 amide bonds. The van der Waals surface area contributed by atoms with Crippen molar-refractivity contribution in [3.8, 4) is 22.9 Å². The topological polar surface area (TPSA) is 86.0 Å². The zero-order valence-electron chi connectivity index (χ0n) is 21.3. The van der Waals surface area contributed by atoms with Crippen LogP contribution >= 0.6 is 11.9 Å². The van der Waals surface area contributed by atoms with Crippen molar-refractivity contribution in [3.05, 3.63) is 54.4 Å². The molecular formula is C26H32F5N5OS. The summed E-state index contributed by atoms with van der Waals surface area (Å²) in [5, 5.41) is 0. The van der Waals surface area contributed by atoms with E-state index in [2.05, 4.69) is 33.5 Å². The Morgan fingerprint density at radius 2 is 1.63 bits per heavy atom. The van der Waals surface area contributed by atoms with Gasteiger partial charge in [-0.25, -0.2) is 19.3 Å². The smallest absolute Gasteiger partial charge is 0.389 e. The van der Waals surface area contributed by atoms with Gasteiger partial charge in [0.05, 0.1) is 23.4 Å². The highest BCUT2D eigenvalue weighted by Gasteiger charge is 2.26. The third-order valence-electron chi connectivity index (χ3n) is 5.10. The first-order valence-corrected chi connectivity index (χ1v) is 13.3. The maximum Gasteiger partial charge on any atom is 0.389 e. The third kappa shape index (κ3) is 10.7. The fourth-order valence-corrected chi connectivity index (χ4v) is 3.88. The molecule has 0 fully saturated rings. The second-order valence-electron chi connectivity index (χ2n) is 8.23. The van der Waals surface area contributed by atoms with E-state index in [1.54, 1.807) is 18.2 Å². The van der Waals surface area contributed by atoms with E-state index < -0.39 is 30.0 Å². The van der Waals surface area contributed by atoms with Gasteiger partial charge in [-0.1, -0.05) is 64.3 Å². The molecule has 6 nitrogen and oxygen atoms in total. The Morgan fingerprint density at radius 3 is 2.26 bits per heavy atom. The number of nitrogens with zero attached hydrogens (tertiary/aromatic N) is 3. The predicted octanol–water partition coefficient (Wildman–Crippen LogP) is 8.57. The lowest BCUT2D eigenvalue weighted by atomic mass is 10.1. The summed E-state index contributed by atoms with van der Waals surface area (Å²) < 4.78 is 73.0. The number of hydrogen-bond acceptors (Lipinski definition) is 7. The van der Waals surface area contributed by atoms with Crippen LogP contribution in [0.5, 0.6) is 11.6 Å². The van der Waals surface area contributed by atoms with Gasteiger partial charge in [0.2, 0.25) is 17.6 Å². The number of alkyl halides is 3. The molecule has 0 saturated carbocycles. The fourth-order valence-electron chi connectivity index (χ4n) is 3.13. The van der Waals surface area contributed by atoms with Crippen LogP contribution in [0.25, 0.3) is 11.3 Å². The lowest BCUT2D eigenvalue weighted by Gasteiger charge is -2.13. The van der Waals surface area contributed by atoms with Crippen molar-refractivity contribution in [2.45, 2.75) is 65.0 Å². The standard InChI is InChI=1S/C18H14F5N5OS.C8H18/c19-14-12(28-30-9-6-18(21,22)23)3-4-13(15(14)20)29-16-10(2-1-7-25-16)11-5-8-26-17(24)27-11;1-3-5-7-8-6-4-2/h1-5,7-8,28H,6,9H2,(H2,24,26,27);3-8H2,1-2H3. The molecule has 0 radical (unpaired) electrons. The quantitative estimate of drug-likeness (QED) is 0.131. The third-order valence-corrected chi connectivity index (χ3v) is 5.87. The van der Waals surface area contributed by atoms with Gasteiger partial charge < -0.3 is 15.2 Å². The molecule has 12 heteroatoms. The summed E-state index contributed by atoms with van der Waals surface area (Å²) in [5.41, 5.74) is 6.00. The number of aromatic nitrogens is 3. The molecule has 0 bridgehead atoms. The van der Waals surface area contributed by atoms with E-state index in [4.69, 9.17) is 10.5 Å². The minimum absolute atomic E-state index is 0.0120. The van der Waals surface area contributed by atoms with Crippen molar-refractivity contribution in [3.63, 3.8) is 0 Å². The molecule has 3 N–H and O–H groups in total. The molecule has 3 rings (SSSR count). The monoisotopic (exact) mass is 557 g/mol. The molecule has 2 aromatic heterocycles. The van der Waals surface area contributed by atoms with Crippen molar-refractivity contribution < 1.29 is 26.7 Å². The highest BCUT2D eigenvalue weighted by molar-refractivity contribution is 8.00. The van der Waals surface area contributed by atoms with E-state index in [-0.39, 0.29) is 23.3 Å². The Morgan fingerprint density at radius 1 is 0.921 bits per heavy atom. The highest BCUT2D eigenvalue weighted by Crippen LogP contribution is 2.34. The molecule has 38 heavy (non-hydrogen) atoms. The van der Waals surface area contributed by atoms with Crippen LogP contribution < -0.4 is 15.2 Å². The summed E-state index contributed by atoms with van der Waals surface area (Å²) in [6.07, 6.45) is 5.91. The van der Waals surface area contributed by atoms with Crippen LogP contribution in [0.1, 0.15) is 58.8 Å². The summed E-state index contributed by atoms with van der Waals surface area (Å²) >= 11 is 0.611. The van der Waals surface area contributed by atoms with Gasteiger partial charge in [-0.15, -0.1) is 0 Å². The fraction of sp³-hybridized carbons (Fsp3) is 0.423. The van der Waals surface area contributed by atoms with Crippen LogP contribution in [0.2, 0.25) is 0 Å². The number of nitrogens with two attached hydrogens (primary N) is 1. The average Bonchev–Trinajstić information content (AvgIpc) is 2.88. The van der Waals surface area contributed by atoms with E-state index in [0.29, 0.717) is 23.2 Å². The number of nitrogen functional groups attached to an aromatic ring is 1. The van der Waals surface area contributed by atoms with Crippen LogP contribution in [0, 0.1) is 11.6 Å². The van der Waals surface area contributed by atoms with E-state index >= 15 is 0 Å². The number of hydrogen-bond donors (Lipinski definition) is 2. The van der Waals surface area contributed by atoms with Crippen LogP contribution in [0.15, 0.2) is 42.7 Å². The second-order valence-corrected chi connectivity index (χ2v) is 9.13. The van der Waals surface area contributed by atoms with Crippen LogP contribution in [-0.4, -0.2) is 26.9 Å². The van der Waals surface area contributed by atoms with E-state index in [1.807, 2.05) is 0 Å². The van der Waals surface area contributed by atoms with Gasteiger partial charge in [0, 0.05) is 18.1 Å². The highest BCUT2D eigenvalue weighted by atomic mass is 32.2. The Bertz CT molecular complexity index is 1130. The van der Waals surface area contributed by atoms with Crippen LogP contribution in [0.3, 0.4) is 0 Å². The Balaban J connectivity index is 0.000000550. The number of nitrogens with one attached hydrogen (secondary N) is 1. The maximum absolute atomic E-state index is 14.4. The van der Waals surface area contributed by atoms with Crippen molar-refractivity contribution in [1.82, 2.24) is 15.0 Å². The number of halogens is 5. The Kier molecular flexibility index (Phi) is 13.0. The molecule has 3 aromatic rings. The second kappa shape index (κ2) is 16.0. The first-order chi connectivity index (χ1) is 18.2. The largest absolute Gasteiger partial charge is 0.435 e. The minimum Gasteiger partial charge on any atom is -0.435 e. The maximum atomic E-state index is 14.4. The summed E-state index contributed by atoms with van der Waals surface area (Å²) in [6, 6.07) is 7.04.